The van der Waals surface area contributed by atoms with Crippen LogP contribution in [-0.4, -0.2) is 36.0 Å². The van der Waals surface area contributed by atoms with Gasteiger partial charge in [0, 0.05) is 0 Å². The van der Waals surface area contributed by atoms with Crippen molar-refractivity contribution in [2.75, 3.05) is 31.3 Å². The van der Waals surface area contributed by atoms with Crippen molar-refractivity contribution in [2.45, 2.75) is 11.8 Å². The van der Waals surface area contributed by atoms with Crippen molar-refractivity contribution in [3.05, 3.63) is 39.4 Å². The van der Waals surface area contributed by atoms with Crippen molar-refractivity contribution in [2.24, 2.45) is 0 Å². The molecule has 1 aromatic heterocycles. The number of rotatable bonds is 2. The number of benzene rings is 1. The summed E-state index contributed by atoms with van der Waals surface area (Å²) in [5.74, 6) is 0.677. The van der Waals surface area contributed by atoms with Gasteiger partial charge in [-0.05, 0) is 19.1 Å². The van der Waals surface area contributed by atoms with Gasteiger partial charge in [0.05, 0.1) is 47.1 Å². The smallest absolute Gasteiger partial charge is 0.281 e. The third kappa shape index (κ3) is 2.67. The van der Waals surface area contributed by atoms with Crippen LogP contribution in [0.4, 0.5) is 0 Å². The summed E-state index contributed by atoms with van der Waals surface area (Å²) < 4.78 is 6.99. The molecule has 1 aliphatic heterocycles. The second kappa shape index (κ2) is 5.94. The third-order valence-electron chi connectivity index (χ3n) is 3.48. The number of ether oxygens (including phenoxy) is 1. The van der Waals surface area contributed by atoms with Gasteiger partial charge in [0.15, 0.2) is 0 Å². The van der Waals surface area contributed by atoms with Gasteiger partial charge in [0.2, 0.25) is 0 Å². The predicted molar refractivity (Wildman–Crippen MR) is 87.1 cm³/mol. The number of alkyl halides is 1. The van der Waals surface area contributed by atoms with Crippen molar-refractivity contribution < 1.29 is 4.74 Å². The molecule has 1 aromatic carbocycles. The number of nitrogens with zero attached hydrogens (tertiary/aromatic N) is 3. The standard InChI is InChI=1S/C14H15BrClN3O2/c1-9(15)13-17-11-4-2-3-10(16)12(11)14(20)19(13)18-5-7-21-8-6-18/h2-4,9H,5-8H2,1H3. The third-order valence-corrected chi connectivity index (χ3v) is 4.20. The average Bonchev–Trinajstić information content (AvgIpc) is 2.47. The Morgan fingerprint density at radius 2 is 2.10 bits per heavy atom. The summed E-state index contributed by atoms with van der Waals surface area (Å²) >= 11 is 9.72. The van der Waals surface area contributed by atoms with Crippen LogP contribution in [0.3, 0.4) is 0 Å². The summed E-state index contributed by atoms with van der Waals surface area (Å²) in [5, 5.41) is 2.86. The molecule has 21 heavy (non-hydrogen) atoms. The first kappa shape index (κ1) is 14.8. The molecule has 0 aliphatic carbocycles. The van der Waals surface area contributed by atoms with Gasteiger partial charge < -0.3 is 9.75 Å². The summed E-state index contributed by atoms with van der Waals surface area (Å²) in [6.07, 6.45) is 0. The number of fused-ring (bicyclic) bond motifs is 1. The molecule has 2 heterocycles. The molecular formula is C14H15BrClN3O2. The molecule has 5 nitrogen and oxygen atoms in total. The average molecular weight is 373 g/mol. The zero-order valence-corrected chi connectivity index (χ0v) is 13.9. The maximum absolute atomic E-state index is 12.9. The van der Waals surface area contributed by atoms with Crippen LogP contribution in [0.2, 0.25) is 5.02 Å². The molecule has 1 saturated heterocycles. The SMILES string of the molecule is CC(Br)c1nc2cccc(Cl)c2c(=O)n1N1CCOCC1. The summed E-state index contributed by atoms with van der Waals surface area (Å²) in [5.41, 5.74) is 0.493. The van der Waals surface area contributed by atoms with E-state index in [0.29, 0.717) is 48.1 Å². The Bertz CT molecular complexity index is 726. The van der Waals surface area contributed by atoms with Crippen LogP contribution >= 0.6 is 27.5 Å². The first-order chi connectivity index (χ1) is 10.1. The lowest BCUT2D eigenvalue weighted by molar-refractivity contribution is 0.110. The van der Waals surface area contributed by atoms with E-state index in [2.05, 4.69) is 20.9 Å². The molecule has 0 bridgehead atoms. The van der Waals surface area contributed by atoms with Gasteiger partial charge >= 0.3 is 0 Å². The molecule has 0 spiro atoms. The van der Waals surface area contributed by atoms with Crippen LogP contribution in [0, 0.1) is 0 Å². The Labute approximate surface area is 135 Å². The maximum atomic E-state index is 12.9. The second-order valence-electron chi connectivity index (χ2n) is 4.90. The van der Waals surface area contributed by atoms with Gasteiger partial charge in [-0.25, -0.2) is 9.66 Å². The molecular weight excluding hydrogens is 358 g/mol. The van der Waals surface area contributed by atoms with E-state index < -0.39 is 0 Å². The van der Waals surface area contributed by atoms with Gasteiger partial charge in [0.1, 0.15) is 5.82 Å². The van der Waals surface area contributed by atoms with E-state index in [1.807, 2.05) is 18.0 Å². The van der Waals surface area contributed by atoms with Crippen LogP contribution in [0.1, 0.15) is 17.6 Å². The van der Waals surface area contributed by atoms with Gasteiger partial charge in [-0.2, -0.15) is 0 Å². The fourth-order valence-corrected chi connectivity index (χ4v) is 3.03. The monoisotopic (exact) mass is 371 g/mol. The van der Waals surface area contributed by atoms with E-state index in [1.165, 1.54) is 0 Å². The highest BCUT2D eigenvalue weighted by atomic mass is 79.9. The van der Waals surface area contributed by atoms with Crippen molar-refractivity contribution in [1.29, 1.82) is 0 Å². The molecule has 1 atom stereocenters. The molecule has 1 aliphatic rings. The van der Waals surface area contributed by atoms with Crippen LogP contribution in [-0.2, 0) is 4.74 Å². The van der Waals surface area contributed by atoms with Crippen molar-refractivity contribution >= 4 is 38.4 Å². The summed E-state index contributed by atoms with van der Waals surface area (Å²) in [6, 6.07) is 5.33. The van der Waals surface area contributed by atoms with E-state index in [0.717, 1.165) is 0 Å². The lowest BCUT2D eigenvalue weighted by Crippen LogP contribution is -2.50. The Balaban J connectivity index is 2.29. The lowest BCUT2D eigenvalue weighted by atomic mass is 10.2. The number of hydrogen-bond acceptors (Lipinski definition) is 4. The largest absolute Gasteiger partial charge is 0.378 e. The fraction of sp³-hybridized carbons (Fsp3) is 0.429. The minimum atomic E-state index is -0.131. The van der Waals surface area contributed by atoms with Crippen molar-refractivity contribution in [3.63, 3.8) is 0 Å². The number of halogens is 2. The Morgan fingerprint density at radius 3 is 2.76 bits per heavy atom. The molecule has 0 saturated carbocycles. The number of morpholine rings is 1. The quantitative estimate of drug-likeness (QED) is 0.760. The van der Waals surface area contributed by atoms with Crippen molar-refractivity contribution in [3.8, 4) is 0 Å². The minimum Gasteiger partial charge on any atom is -0.378 e. The summed E-state index contributed by atoms with van der Waals surface area (Å²) in [7, 11) is 0. The topological polar surface area (TPSA) is 47.4 Å². The summed E-state index contributed by atoms with van der Waals surface area (Å²) in [4.78, 5) is 17.5. The first-order valence-corrected chi connectivity index (χ1v) is 8.07. The molecule has 1 fully saturated rings. The molecule has 0 radical (unpaired) electrons. The van der Waals surface area contributed by atoms with Gasteiger partial charge in [-0.1, -0.05) is 33.6 Å². The number of hydrogen-bond donors (Lipinski definition) is 0. The van der Waals surface area contributed by atoms with Crippen LogP contribution < -0.4 is 10.6 Å². The van der Waals surface area contributed by atoms with E-state index in [1.54, 1.807) is 16.8 Å². The lowest BCUT2D eigenvalue weighted by Gasteiger charge is -2.32. The zero-order valence-electron chi connectivity index (χ0n) is 11.6. The molecule has 2 aromatic rings. The minimum absolute atomic E-state index is 0.0450. The fourth-order valence-electron chi connectivity index (χ4n) is 2.48. The van der Waals surface area contributed by atoms with Crippen LogP contribution in [0.25, 0.3) is 10.9 Å². The highest BCUT2D eigenvalue weighted by Crippen LogP contribution is 2.24. The molecule has 0 N–H and O–H groups in total. The predicted octanol–water partition coefficient (Wildman–Crippen LogP) is 2.47. The molecule has 0 amide bonds. The molecule has 112 valence electrons. The molecule has 7 heteroatoms. The van der Waals surface area contributed by atoms with Gasteiger partial charge in [-0.3, -0.25) is 4.79 Å². The summed E-state index contributed by atoms with van der Waals surface area (Å²) in [6.45, 7) is 4.47. The Kier molecular flexibility index (Phi) is 4.19. The first-order valence-electron chi connectivity index (χ1n) is 6.78. The highest BCUT2D eigenvalue weighted by molar-refractivity contribution is 9.09. The van der Waals surface area contributed by atoms with Crippen molar-refractivity contribution in [1.82, 2.24) is 9.66 Å². The van der Waals surface area contributed by atoms with E-state index in [9.17, 15) is 4.79 Å². The Hall–Kier alpha value is -1.11. The molecule has 3 rings (SSSR count). The van der Waals surface area contributed by atoms with Crippen LogP contribution in [0.15, 0.2) is 23.0 Å². The van der Waals surface area contributed by atoms with E-state index in [4.69, 9.17) is 16.3 Å². The Morgan fingerprint density at radius 1 is 1.38 bits per heavy atom. The van der Waals surface area contributed by atoms with E-state index in [-0.39, 0.29) is 10.4 Å². The molecule has 1 unspecified atom stereocenters. The normalized spacial score (nSPS) is 17.2. The van der Waals surface area contributed by atoms with Gasteiger partial charge in [0.25, 0.3) is 5.56 Å². The highest BCUT2D eigenvalue weighted by Gasteiger charge is 2.21. The second-order valence-corrected chi connectivity index (χ2v) is 6.68. The maximum Gasteiger partial charge on any atom is 0.281 e. The number of aromatic nitrogens is 2. The van der Waals surface area contributed by atoms with Gasteiger partial charge in [-0.15, -0.1) is 0 Å². The zero-order chi connectivity index (χ0) is 15.0. The van der Waals surface area contributed by atoms with Crippen LogP contribution in [0.5, 0.6) is 0 Å². The van der Waals surface area contributed by atoms with E-state index >= 15 is 0 Å².